The molecule has 0 spiro atoms. The summed E-state index contributed by atoms with van der Waals surface area (Å²) in [7, 11) is 17.8. The quantitative estimate of drug-likeness (QED) is 0.225. The van der Waals surface area contributed by atoms with Crippen LogP contribution in [-0.4, -0.2) is 389 Å². The van der Waals surface area contributed by atoms with Crippen LogP contribution in [0.4, 0.5) is 57.5 Å². The van der Waals surface area contributed by atoms with Crippen molar-refractivity contribution in [3.05, 3.63) is 0 Å². The molecule has 0 aromatic heterocycles. The van der Waals surface area contributed by atoms with Gasteiger partial charge in [0.15, 0.2) is 74.0 Å². The van der Waals surface area contributed by atoms with Gasteiger partial charge in [0.2, 0.25) is 0 Å². The zero-order valence-electron chi connectivity index (χ0n) is 44.8. The van der Waals surface area contributed by atoms with Crippen molar-refractivity contribution in [3.63, 3.8) is 0 Å². The Labute approximate surface area is 445 Å². The number of hydrogen-bond donors (Lipinski definition) is 0. The molecular weight excluding hydrogens is 1030 g/mol. The molecule has 78 heavy (non-hydrogen) atoms. The molecule has 13 aliphatic rings. The molecule has 13 saturated heterocycles. The largest absolute Gasteiger partial charge is 0.326 e. The van der Waals surface area contributed by atoms with Gasteiger partial charge in [0, 0.05) is 84.6 Å². The molecule has 13 aliphatic heterocycles. The van der Waals surface area contributed by atoms with E-state index in [9.17, 15) is 28.8 Å². The van der Waals surface area contributed by atoms with E-state index in [0.29, 0.717) is 0 Å². The van der Waals surface area contributed by atoms with E-state index in [0.717, 1.165) is 0 Å². The van der Waals surface area contributed by atoms with Crippen molar-refractivity contribution in [2.24, 2.45) is 0 Å². The predicted octanol–water partition coefficient (Wildman–Crippen LogP) is -3.93. The van der Waals surface area contributed by atoms with Crippen molar-refractivity contribution in [3.8, 4) is 0 Å². The smallest absolute Gasteiger partial charge is 0.303 e. The lowest BCUT2D eigenvalue weighted by atomic mass is 10.3. The Bertz CT molecular complexity index is 2230. The first kappa shape index (κ1) is 48.9. The molecule has 0 saturated carbocycles. The summed E-state index contributed by atoms with van der Waals surface area (Å²) in [5.74, 6) is 0. The van der Waals surface area contributed by atoms with Gasteiger partial charge in [-0.15, -0.1) is 0 Å². The predicted molar refractivity (Wildman–Crippen MR) is 255 cm³/mol. The standard InChI is InChI=1S/C42H60N24O12/c1-43-19-20(44(2)31(43)67)56-14-58-23-24(48(6)33(69)47(23)5)60(39(58)75)16-62-27-28(52(10)35(71)51(27)9)64(41(62)77)18-66-30-29(53(11)36(72)54(30)12)65(42(66)78)17-63-26-25(49(7)34(70)50(26)8)61(40(63)76)15-59-22-21(45(3)32(68)46(22)4)57(38(59)74)13-55(19)37(56)73/h19-30H,13-18H2,1-12H3/t19-,20+,21-,22+,23+,24-,25+,26-,27-,28+,29-,30+. The van der Waals surface area contributed by atoms with Gasteiger partial charge in [0.1, 0.15) is 40.0 Å². The van der Waals surface area contributed by atoms with E-state index in [1.807, 2.05) is 0 Å². The molecule has 420 valence electrons. The summed E-state index contributed by atoms with van der Waals surface area (Å²) in [5, 5.41) is 0. The van der Waals surface area contributed by atoms with Crippen LogP contribution in [0.15, 0.2) is 0 Å². The van der Waals surface area contributed by atoms with Crippen molar-refractivity contribution in [1.29, 1.82) is 0 Å². The van der Waals surface area contributed by atoms with Gasteiger partial charge in [0.05, 0.1) is 0 Å². The molecule has 12 bridgehead atoms. The highest BCUT2D eigenvalue weighted by Crippen LogP contribution is 2.45. The monoisotopic (exact) mass is 1090 g/mol. The second-order valence-corrected chi connectivity index (χ2v) is 22.2. The lowest BCUT2D eigenvalue weighted by Gasteiger charge is -2.35. The zero-order valence-corrected chi connectivity index (χ0v) is 44.8. The molecule has 0 radical (unpaired) electrons. The summed E-state index contributed by atoms with van der Waals surface area (Å²) in [6.07, 6.45) is -13.0. The summed E-state index contributed by atoms with van der Waals surface area (Å²) in [6, 6.07) is -7.36. The van der Waals surface area contributed by atoms with Gasteiger partial charge in [-0.25, -0.2) is 57.5 Å². The molecule has 13 fully saturated rings. The van der Waals surface area contributed by atoms with Crippen molar-refractivity contribution < 1.29 is 57.5 Å². The Morgan fingerprint density at radius 2 is 0.244 bits per heavy atom. The number of likely N-dealkylation sites (N-methyl/N-ethyl adjacent to an activating group) is 12. The Morgan fingerprint density at radius 3 is 0.321 bits per heavy atom. The summed E-state index contributed by atoms with van der Waals surface area (Å²) in [4.78, 5) is 207. The summed E-state index contributed by atoms with van der Waals surface area (Å²) < 4.78 is 0. The molecule has 13 heterocycles. The summed E-state index contributed by atoms with van der Waals surface area (Å²) in [5.41, 5.74) is 0. The van der Waals surface area contributed by atoms with Crippen LogP contribution in [-0.2, 0) is 0 Å². The molecule has 24 amide bonds. The number of nitrogens with zero attached hydrogens (tertiary/aromatic N) is 24. The highest BCUT2D eigenvalue weighted by Gasteiger charge is 2.69. The number of rotatable bonds is 0. The number of hydrogen-bond acceptors (Lipinski definition) is 12. The third-order valence-electron chi connectivity index (χ3n) is 18.6. The van der Waals surface area contributed by atoms with E-state index < -0.39 is 186 Å². The van der Waals surface area contributed by atoms with Crippen molar-refractivity contribution in [1.82, 2.24) is 118 Å². The van der Waals surface area contributed by atoms with E-state index in [1.165, 1.54) is 202 Å². The minimum Gasteiger partial charge on any atom is -0.303 e. The van der Waals surface area contributed by atoms with Crippen LogP contribution in [0.25, 0.3) is 0 Å². The van der Waals surface area contributed by atoms with Gasteiger partial charge in [0.25, 0.3) is 0 Å². The first-order valence-corrected chi connectivity index (χ1v) is 25.2. The van der Waals surface area contributed by atoms with Gasteiger partial charge in [-0.1, -0.05) is 0 Å². The molecule has 36 heteroatoms. The maximum atomic E-state index is 15.3. The highest BCUT2D eigenvalue weighted by atomic mass is 16.2. The van der Waals surface area contributed by atoms with Crippen LogP contribution in [0.5, 0.6) is 0 Å². The molecule has 36 nitrogen and oxygen atoms in total. The normalized spacial score (nSPS) is 35.8. The average molecular weight is 1090 g/mol. The van der Waals surface area contributed by atoms with Crippen LogP contribution < -0.4 is 0 Å². The first-order chi connectivity index (χ1) is 36.8. The molecule has 13 rings (SSSR count). The third kappa shape index (κ3) is 5.52. The molecular formula is C42H60N24O12. The van der Waals surface area contributed by atoms with E-state index in [1.54, 1.807) is 0 Å². The second kappa shape index (κ2) is 15.5. The minimum atomic E-state index is -1.08. The van der Waals surface area contributed by atoms with E-state index in [2.05, 4.69) is 0 Å². The maximum absolute atomic E-state index is 15.3. The van der Waals surface area contributed by atoms with Crippen molar-refractivity contribution in [2.45, 2.75) is 74.0 Å². The maximum Gasteiger partial charge on any atom is 0.326 e. The lowest BCUT2D eigenvalue weighted by molar-refractivity contribution is 0.0596. The second-order valence-electron chi connectivity index (χ2n) is 22.2. The molecule has 0 aliphatic carbocycles. The van der Waals surface area contributed by atoms with Crippen LogP contribution in [0.2, 0.25) is 0 Å². The van der Waals surface area contributed by atoms with Crippen molar-refractivity contribution >= 4 is 72.4 Å². The average Bonchev–Trinajstić information content (AvgIpc) is 4.37. The molecule has 0 N–H and O–H groups in total. The minimum absolute atomic E-state index is 0.504. The molecule has 0 aromatic rings. The number of carbonyl (C=O) groups excluding carboxylic acids is 12. The first-order valence-electron chi connectivity index (χ1n) is 25.2. The number of amides is 24. The Kier molecular flexibility index (Phi) is 9.69. The topological polar surface area (TPSA) is 283 Å². The Balaban J connectivity index is 0.952. The fourth-order valence-corrected chi connectivity index (χ4v) is 14.8. The fraction of sp³-hybridized carbons (Fsp3) is 0.714. The van der Waals surface area contributed by atoms with Crippen molar-refractivity contribution in [2.75, 3.05) is 125 Å². The Morgan fingerprint density at radius 1 is 0.167 bits per heavy atom. The molecule has 0 unspecified atom stereocenters. The number of urea groups is 12. The van der Waals surface area contributed by atoms with Crippen LogP contribution in [0.3, 0.4) is 0 Å². The zero-order chi connectivity index (χ0) is 56.0. The SMILES string of the molecule is CN1C(=O)N(C)[C@@H]2[C@H]1N1CN3C(=O)N(CN4C(=O)N(CN5C(=O)N(CN6C(=O)N(CN7C(=O)N(CN2C1=O)[C@H]1[C@@H]7N(C)C(=O)N1C)[C@@H]1[C@H]6N(C)C(=O)N1C)[C@H]1[C@@H]5N(C)C(=O)N1C)[C@@H]1[C@H]4N(C)C(=O)N1C)[C@H]1[C@@H]3N(C)C(=O)N1C. The van der Waals surface area contributed by atoms with Gasteiger partial charge in [-0.3, -0.25) is 58.8 Å². The van der Waals surface area contributed by atoms with Gasteiger partial charge < -0.3 is 58.8 Å². The number of fused-ring (bicyclic) bond motifs is 30. The fourth-order valence-electron chi connectivity index (χ4n) is 14.8. The summed E-state index contributed by atoms with van der Waals surface area (Å²) >= 11 is 0. The Hall–Kier alpha value is -8.76. The highest BCUT2D eigenvalue weighted by molar-refractivity contribution is 5.92. The van der Waals surface area contributed by atoms with E-state index in [4.69, 9.17) is 0 Å². The van der Waals surface area contributed by atoms with Crippen LogP contribution in [0.1, 0.15) is 0 Å². The van der Waals surface area contributed by atoms with Gasteiger partial charge in [-0.2, -0.15) is 0 Å². The molecule has 12 atom stereocenters. The number of carbonyl (C=O) groups is 12. The lowest BCUT2D eigenvalue weighted by Crippen LogP contribution is -2.56. The summed E-state index contributed by atoms with van der Waals surface area (Å²) in [6.45, 7) is -3.09. The van der Waals surface area contributed by atoms with Gasteiger partial charge >= 0.3 is 72.4 Å². The van der Waals surface area contributed by atoms with E-state index in [-0.39, 0.29) is 0 Å². The van der Waals surface area contributed by atoms with E-state index >= 15 is 28.8 Å². The van der Waals surface area contributed by atoms with Crippen LogP contribution >= 0.6 is 0 Å². The van der Waals surface area contributed by atoms with Gasteiger partial charge in [-0.05, 0) is 0 Å². The van der Waals surface area contributed by atoms with Crippen LogP contribution in [0, 0.1) is 0 Å². The third-order valence-corrected chi connectivity index (χ3v) is 18.6. The molecule has 0 aromatic carbocycles.